The van der Waals surface area contributed by atoms with Gasteiger partial charge in [-0.1, -0.05) is 0 Å². The highest BCUT2D eigenvalue weighted by molar-refractivity contribution is 5.76. The van der Waals surface area contributed by atoms with Gasteiger partial charge in [-0.05, 0) is 26.9 Å². The molecule has 9 heteroatoms. The number of aliphatic hydroxyl groups excluding tert-OH is 1. The Hall–Kier alpha value is -1.61. The molecule has 2 heterocycles. The molecule has 0 unspecified atom stereocenters. The van der Waals surface area contributed by atoms with Crippen LogP contribution in [0.5, 0.6) is 0 Å². The van der Waals surface area contributed by atoms with E-state index in [0.717, 1.165) is 23.6 Å². The van der Waals surface area contributed by atoms with Crippen molar-refractivity contribution >= 4 is 5.91 Å². The lowest BCUT2D eigenvalue weighted by atomic mass is 10.0. The first kappa shape index (κ1) is 18.7. The molecule has 1 aliphatic heterocycles. The SMILES string of the molecule is CN(C)C1CCN(C(=O)C[C@@H](O)c2nccn2CC(F)(F)F)CC1. The molecule has 0 radical (unpaired) electrons. The van der Waals surface area contributed by atoms with Crippen LogP contribution in [0.2, 0.25) is 0 Å². The summed E-state index contributed by atoms with van der Waals surface area (Å²) in [6.07, 6.45) is -1.98. The van der Waals surface area contributed by atoms with Crippen LogP contribution in [-0.2, 0) is 11.3 Å². The van der Waals surface area contributed by atoms with Crippen LogP contribution in [0.25, 0.3) is 0 Å². The molecular weight excluding hydrogens is 325 g/mol. The number of likely N-dealkylation sites (tertiary alicyclic amines) is 1. The van der Waals surface area contributed by atoms with Crippen molar-refractivity contribution in [3.05, 3.63) is 18.2 Å². The summed E-state index contributed by atoms with van der Waals surface area (Å²) in [5.74, 6) is -0.398. The molecule has 1 aromatic rings. The Morgan fingerprint density at radius 3 is 2.58 bits per heavy atom. The summed E-state index contributed by atoms with van der Waals surface area (Å²) < 4.78 is 38.4. The van der Waals surface area contributed by atoms with Gasteiger partial charge in [-0.15, -0.1) is 0 Å². The highest BCUT2D eigenvalue weighted by Crippen LogP contribution is 2.23. The lowest BCUT2D eigenvalue weighted by Gasteiger charge is -2.35. The summed E-state index contributed by atoms with van der Waals surface area (Å²) in [7, 11) is 3.98. The van der Waals surface area contributed by atoms with Crippen molar-refractivity contribution in [3.63, 3.8) is 0 Å². The zero-order valence-electron chi connectivity index (χ0n) is 13.8. The van der Waals surface area contributed by atoms with Crippen molar-refractivity contribution in [2.75, 3.05) is 27.2 Å². The maximum Gasteiger partial charge on any atom is 0.406 e. The maximum atomic E-state index is 12.5. The Labute approximate surface area is 138 Å². The van der Waals surface area contributed by atoms with Crippen LogP contribution in [0.15, 0.2) is 12.4 Å². The monoisotopic (exact) mass is 348 g/mol. The predicted octanol–water partition coefficient (Wildman–Crippen LogP) is 1.42. The molecule has 1 N–H and O–H groups in total. The van der Waals surface area contributed by atoms with E-state index in [2.05, 4.69) is 9.88 Å². The molecule has 0 saturated carbocycles. The summed E-state index contributed by atoms with van der Waals surface area (Å²) in [6.45, 7) is -0.0569. The standard InChI is InChI=1S/C15H23F3N4O2/c1-20(2)11-3-6-21(7-4-11)13(24)9-12(23)14-19-5-8-22(14)10-15(16,17)18/h5,8,11-12,23H,3-4,6-7,9-10H2,1-2H3/t12-/m1/s1. The van der Waals surface area contributed by atoms with E-state index in [1.54, 1.807) is 4.90 Å². The second-order valence-corrected chi connectivity index (χ2v) is 6.32. The van der Waals surface area contributed by atoms with Gasteiger partial charge in [0.2, 0.25) is 5.91 Å². The van der Waals surface area contributed by atoms with Crippen LogP contribution in [0.1, 0.15) is 31.2 Å². The molecule has 0 aliphatic carbocycles. The van der Waals surface area contributed by atoms with E-state index in [1.165, 1.54) is 6.20 Å². The topological polar surface area (TPSA) is 61.6 Å². The molecule has 1 fully saturated rings. The van der Waals surface area contributed by atoms with Gasteiger partial charge in [0.05, 0.1) is 6.42 Å². The second-order valence-electron chi connectivity index (χ2n) is 6.32. The fraction of sp³-hybridized carbons (Fsp3) is 0.733. The molecule has 1 aromatic heterocycles. The molecule has 0 aromatic carbocycles. The number of rotatable bonds is 5. The Morgan fingerprint density at radius 1 is 1.42 bits per heavy atom. The van der Waals surface area contributed by atoms with E-state index >= 15 is 0 Å². The smallest absolute Gasteiger partial charge is 0.385 e. The Bertz CT molecular complexity index is 551. The normalized spacial score (nSPS) is 18.2. The van der Waals surface area contributed by atoms with E-state index in [4.69, 9.17) is 0 Å². The van der Waals surface area contributed by atoms with Gasteiger partial charge in [-0.2, -0.15) is 13.2 Å². The first-order valence-corrected chi connectivity index (χ1v) is 7.87. The van der Waals surface area contributed by atoms with E-state index in [-0.39, 0.29) is 18.2 Å². The number of imidazole rings is 1. The van der Waals surface area contributed by atoms with Crippen molar-refractivity contribution in [2.45, 2.75) is 44.1 Å². The number of aliphatic hydroxyl groups is 1. The number of carbonyl (C=O) groups excluding carboxylic acids is 1. The molecule has 1 amide bonds. The fourth-order valence-corrected chi connectivity index (χ4v) is 2.96. The minimum atomic E-state index is -4.41. The van der Waals surface area contributed by atoms with Crippen LogP contribution < -0.4 is 0 Å². The van der Waals surface area contributed by atoms with Gasteiger partial charge in [0.1, 0.15) is 18.5 Å². The minimum absolute atomic E-state index is 0.135. The zero-order chi connectivity index (χ0) is 17.9. The van der Waals surface area contributed by atoms with Gasteiger partial charge >= 0.3 is 6.18 Å². The third kappa shape index (κ3) is 4.94. The number of hydrogen-bond acceptors (Lipinski definition) is 4. The molecule has 6 nitrogen and oxygen atoms in total. The third-order valence-corrected chi connectivity index (χ3v) is 4.31. The summed E-state index contributed by atoms with van der Waals surface area (Å²) in [6, 6.07) is 0.421. The number of nitrogens with zero attached hydrogens (tertiary/aromatic N) is 4. The number of aromatic nitrogens is 2. The summed E-state index contributed by atoms with van der Waals surface area (Å²) in [5, 5.41) is 10.1. The van der Waals surface area contributed by atoms with Crippen LogP contribution >= 0.6 is 0 Å². The fourth-order valence-electron chi connectivity index (χ4n) is 2.96. The van der Waals surface area contributed by atoms with Crippen molar-refractivity contribution < 1.29 is 23.1 Å². The van der Waals surface area contributed by atoms with Gasteiger partial charge in [-0.3, -0.25) is 4.79 Å². The molecule has 1 aliphatic rings. The maximum absolute atomic E-state index is 12.5. The zero-order valence-corrected chi connectivity index (χ0v) is 13.8. The number of alkyl halides is 3. The minimum Gasteiger partial charge on any atom is -0.385 e. The molecule has 136 valence electrons. The van der Waals surface area contributed by atoms with Gasteiger partial charge in [0.25, 0.3) is 0 Å². The Morgan fingerprint density at radius 2 is 2.04 bits per heavy atom. The largest absolute Gasteiger partial charge is 0.406 e. The van der Waals surface area contributed by atoms with Gasteiger partial charge in [0, 0.05) is 31.5 Å². The highest BCUT2D eigenvalue weighted by atomic mass is 19.4. The van der Waals surface area contributed by atoms with E-state index < -0.39 is 18.8 Å². The first-order chi connectivity index (χ1) is 11.2. The first-order valence-electron chi connectivity index (χ1n) is 7.87. The van der Waals surface area contributed by atoms with E-state index in [1.807, 2.05) is 14.1 Å². The predicted molar refractivity (Wildman–Crippen MR) is 81.1 cm³/mol. The van der Waals surface area contributed by atoms with E-state index in [0.29, 0.717) is 19.1 Å². The van der Waals surface area contributed by atoms with Crippen molar-refractivity contribution in [2.24, 2.45) is 0 Å². The van der Waals surface area contributed by atoms with Crippen LogP contribution in [0.4, 0.5) is 13.2 Å². The number of amides is 1. The number of hydrogen-bond donors (Lipinski definition) is 1. The third-order valence-electron chi connectivity index (χ3n) is 4.31. The van der Waals surface area contributed by atoms with Crippen molar-refractivity contribution in [1.29, 1.82) is 0 Å². The average Bonchev–Trinajstić information content (AvgIpc) is 2.93. The van der Waals surface area contributed by atoms with E-state index in [9.17, 15) is 23.1 Å². The molecular formula is C15H23F3N4O2. The van der Waals surface area contributed by atoms with Crippen molar-refractivity contribution in [3.8, 4) is 0 Å². The quantitative estimate of drug-likeness (QED) is 0.874. The lowest BCUT2D eigenvalue weighted by Crippen LogP contribution is -2.44. The van der Waals surface area contributed by atoms with Crippen LogP contribution in [-0.4, -0.2) is 69.8 Å². The molecule has 1 saturated heterocycles. The molecule has 2 rings (SSSR count). The number of carbonyl (C=O) groups is 1. The lowest BCUT2D eigenvalue weighted by molar-refractivity contribution is -0.141. The number of piperidine rings is 1. The summed E-state index contributed by atoms with van der Waals surface area (Å²) >= 11 is 0. The Balaban J connectivity index is 1.92. The van der Waals surface area contributed by atoms with Crippen molar-refractivity contribution in [1.82, 2.24) is 19.4 Å². The second kappa shape index (κ2) is 7.52. The van der Waals surface area contributed by atoms with Gasteiger partial charge in [0.15, 0.2) is 0 Å². The van der Waals surface area contributed by atoms with Gasteiger partial charge < -0.3 is 19.5 Å². The van der Waals surface area contributed by atoms with Gasteiger partial charge in [-0.25, -0.2) is 4.98 Å². The summed E-state index contributed by atoms with van der Waals surface area (Å²) in [5.41, 5.74) is 0. The highest BCUT2D eigenvalue weighted by Gasteiger charge is 2.31. The van der Waals surface area contributed by atoms with Crippen LogP contribution in [0, 0.1) is 0 Å². The molecule has 24 heavy (non-hydrogen) atoms. The summed E-state index contributed by atoms with van der Waals surface area (Å²) in [4.78, 5) is 19.8. The average molecular weight is 348 g/mol. The Kier molecular flexibility index (Phi) is 5.87. The molecule has 0 bridgehead atoms. The molecule has 1 atom stereocenters. The molecule has 0 spiro atoms. The van der Waals surface area contributed by atoms with Crippen LogP contribution in [0.3, 0.4) is 0 Å². The number of halogens is 3.